The Kier molecular flexibility index (Phi) is 8.53. The molecule has 160 valence electrons. The van der Waals surface area contributed by atoms with Gasteiger partial charge in [0.15, 0.2) is 11.5 Å². The van der Waals surface area contributed by atoms with E-state index in [0.717, 1.165) is 43.7 Å². The van der Waals surface area contributed by atoms with Crippen LogP contribution in [-0.4, -0.2) is 103 Å². The van der Waals surface area contributed by atoms with Crippen molar-refractivity contribution in [3.63, 3.8) is 0 Å². The minimum atomic E-state index is -0.0410. The largest absolute Gasteiger partial charge is 0.493 e. The van der Waals surface area contributed by atoms with Gasteiger partial charge in [0.1, 0.15) is 12.0 Å². The van der Waals surface area contributed by atoms with Crippen LogP contribution in [0.25, 0.3) is 0 Å². The lowest BCUT2D eigenvalue weighted by molar-refractivity contribution is -0.129. The number of carbonyl (C=O) groups excluding carboxylic acids is 2. The molecule has 1 atom stereocenters. The number of piperazine rings is 1. The Balaban J connectivity index is 1.43. The Morgan fingerprint density at radius 3 is 2.59 bits per heavy atom. The topological polar surface area (TPSA) is 62.3 Å². The van der Waals surface area contributed by atoms with Crippen molar-refractivity contribution in [2.24, 2.45) is 0 Å². The van der Waals surface area contributed by atoms with Gasteiger partial charge in [-0.3, -0.25) is 14.5 Å². The Hall–Kier alpha value is -1.42. The fourth-order valence-corrected chi connectivity index (χ4v) is 5.17. The summed E-state index contributed by atoms with van der Waals surface area (Å²) in [5.74, 6) is 2.43. The number of ether oxygens (including phenoxy) is 2. The molecule has 9 heteroatoms. The van der Waals surface area contributed by atoms with Crippen LogP contribution in [0.2, 0.25) is 0 Å². The van der Waals surface area contributed by atoms with Crippen LogP contribution in [0.15, 0.2) is 24.3 Å². The van der Waals surface area contributed by atoms with Crippen LogP contribution in [0, 0.1) is 0 Å². The van der Waals surface area contributed by atoms with Gasteiger partial charge in [-0.15, -0.1) is 11.8 Å². The summed E-state index contributed by atoms with van der Waals surface area (Å²) in [5, 5.41) is 0.0253. The highest BCUT2D eigenvalue weighted by molar-refractivity contribution is 8.14. The number of para-hydroxylation sites is 2. The summed E-state index contributed by atoms with van der Waals surface area (Å²) < 4.78 is 11.2. The fraction of sp³-hybridized carbons (Fsp3) is 0.600. The van der Waals surface area contributed by atoms with Gasteiger partial charge in [-0.25, -0.2) is 0 Å². The minimum Gasteiger partial charge on any atom is -0.493 e. The van der Waals surface area contributed by atoms with E-state index in [4.69, 9.17) is 9.47 Å². The zero-order valence-corrected chi connectivity index (χ0v) is 18.7. The highest BCUT2D eigenvalue weighted by Crippen LogP contribution is 2.29. The van der Waals surface area contributed by atoms with Gasteiger partial charge in [-0.05, 0) is 19.2 Å². The lowest BCUT2D eigenvalue weighted by Gasteiger charge is -2.31. The summed E-state index contributed by atoms with van der Waals surface area (Å²) in [4.78, 5) is 31.2. The van der Waals surface area contributed by atoms with E-state index < -0.39 is 0 Å². The van der Waals surface area contributed by atoms with Crippen LogP contribution in [0.5, 0.6) is 11.5 Å². The van der Waals surface area contributed by atoms with Crippen molar-refractivity contribution >= 4 is 34.5 Å². The molecule has 0 saturated carbocycles. The summed E-state index contributed by atoms with van der Waals surface area (Å²) >= 11 is 2.84. The summed E-state index contributed by atoms with van der Waals surface area (Å²) in [7, 11) is 3.70. The molecule has 0 bridgehead atoms. The number of amides is 1. The van der Waals surface area contributed by atoms with Crippen LogP contribution < -0.4 is 9.47 Å². The molecular formula is C20H29N3O4S2. The van der Waals surface area contributed by atoms with Gasteiger partial charge in [-0.2, -0.15) is 0 Å². The van der Waals surface area contributed by atoms with Crippen molar-refractivity contribution in [1.82, 2.24) is 14.7 Å². The highest BCUT2D eigenvalue weighted by Gasteiger charge is 2.30. The third-order valence-corrected chi connectivity index (χ3v) is 7.10. The normalized spacial score (nSPS) is 20.6. The molecule has 2 saturated heterocycles. The smallest absolute Gasteiger partial charge is 0.234 e. The van der Waals surface area contributed by atoms with Crippen molar-refractivity contribution in [1.29, 1.82) is 0 Å². The number of hydrogen-bond acceptors (Lipinski definition) is 8. The van der Waals surface area contributed by atoms with Crippen molar-refractivity contribution in [2.75, 3.05) is 71.5 Å². The van der Waals surface area contributed by atoms with E-state index in [1.165, 1.54) is 0 Å². The molecule has 7 nitrogen and oxygen atoms in total. The molecule has 1 aromatic rings. The second-order valence-corrected chi connectivity index (χ2v) is 9.43. The molecule has 0 radical (unpaired) electrons. The predicted molar refractivity (Wildman–Crippen MR) is 118 cm³/mol. The Labute approximate surface area is 181 Å². The number of likely N-dealkylation sites (N-methyl/N-ethyl adjacent to an activating group) is 1. The van der Waals surface area contributed by atoms with Crippen molar-refractivity contribution in [3.05, 3.63) is 24.3 Å². The van der Waals surface area contributed by atoms with Gasteiger partial charge in [0.25, 0.3) is 0 Å². The quantitative estimate of drug-likeness (QED) is 0.604. The lowest BCUT2D eigenvalue weighted by atomic mass is 10.3. The standard InChI is InChI=1S/C20H29N3O4S2/c1-21-7-9-22(10-8-21)13-20(25)29-15-18(24)23-11-12-28-19(23)14-27-17-6-4-3-5-16(17)26-2/h3-6,19H,7-15H2,1-2H3. The molecule has 2 aliphatic heterocycles. The van der Waals surface area contributed by atoms with E-state index in [1.807, 2.05) is 29.2 Å². The summed E-state index contributed by atoms with van der Waals surface area (Å²) in [6.45, 7) is 5.28. The van der Waals surface area contributed by atoms with Crippen molar-refractivity contribution in [3.8, 4) is 11.5 Å². The van der Waals surface area contributed by atoms with E-state index in [0.29, 0.717) is 31.2 Å². The maximum Gasteiger partial charge on any atom is 0.234 e. The fourth-order valence-electron chi connectivity index (χ4n) is 3.30. The molecule has 1 amide bonds. The van der Waals surface area contributed by atoms with E-state index in [-0.39, 0.29) is 22.1 Å². The predicted octanol–water partition coefficient (Wildman–Crippen LogP) is 1.48. The van der Waals surface area contributed by atoms with Crippen LogP contribution in [-0.2, 0) is 9.59 Å². The average molecular weight is 440 g/mol. The Morgan fingerprint density at radius 1 is 1.14 bits per heavy atom. The molecule has 2 aliphatic rings. The Morgan fingerprint density at radius 2 is 1.86 bits per heavy atom. The van der Waals surface area contributed by atoms with Crippen LogP contribution in [0.1, 0.15) is 0 Å². The molecule has 0 spiro atoms. The van der Waals surface area contributed by atoms with Crippen LogP contribution in [0.3, 0.4) is 0 Å². The molecule has 0 aromatic heterocycles. The molecule has 0 aliphatic carbocycles. The molecule has 3 rings (SSSR count). The Bertz CT molecular complexity index is 698. The van der Waals surface area contributed by atoms with Gasteiger partial charge in [-0.1, -0.05) is 23.9 Å². The van der Waals surface area contributed by atoms with Gasteiger partial charge in [0.2, 0.25) is 11.0 Å². The number of methoxy groups -OCH3 is 1. The first-order valence-corrected chi connectivity index (χ1v) is 11.8. The highest BCUT2D eigenvalue weighted by atomic mass is 32.2. The number of hydrogen-bond donors (Lipinski definition) is 0. The second kappa shape index (κ2) is 11.1. The zero-order chi connectivity index (χ0) is 20.6. The zero-order valence-electron chi connectivity index (χ0n) is 17.0. The molecular weight excluding hydrogens is 410 g/mol. The lowest BCUT2D eigenvalue weighted by Crippen LogP contribution is -2.46. The van der Waals surface area contributed by atoms with E-state index in [2.05, 4.69) is 16.8 Å². The number of carbonyl (C=O) groups is 2. The first-order valence-electron chi connectivity index (χ1n) is 9.80. The molecule has 29 heavy (non-hydrogen) atoms. The summed E-state index contributed by atoms with van der Waals surface area (Å²) in [6.07, 6.45) is 0. The average Bonchev–Trinajstić information content (AvgIpc) is 3.21. The van der Waals surface area contributed by atoms with Crippen LogP contribution >= 0.6 is 23.5 Å². The monoisotopic (exact) mass is 439 g/mol. The van der Waals surface area contributed by atoms with Crippen molar-refractivity contribution < 1.29 is 19.1 Å². The van der Waals surface area contributed by atoms with Gasteiger partial charge >= 0.3 is 0 Å². The summed E-state index contributed by atoms with van der Waals surface area (Å²) in [5.41, 5.74) is 0. The second-order valence-electron chi connectivity index (χ2n) is 7.11. The SMILES string of the molecule is COc1ccccc1OCC1SCCN1C(=O)CSC(=O)CN1CCN(C)CC1. The molecule has 1 aromatic carbocycles. The van der Waals surface area contributed by atoms with Crippen LogP contribution in [0.4, 0.5) is 0 Å². The van der Waals surface area contributed by atoms with E-state index in [9.17, 15) is 9.59 Å². The molecule has 1 unspecified atom stereocenters. The molecule has 2 heterocycles. The summed E-state index contributed by atoms with van der Waals surface area (Å²) in [6, 6.07) is 7.49. The minimum absolute atomic E-state index is 0.000328. The third-order valence-electron chi connectivity index (χ3n) is 5.07. The maximum atomic E-state index is 12.7. The van der Waals surface area contributed by atoms with E-state index in [1.54, 1.807) is 18.9 Å². The van der Waals surface area contributed by atoms with Gasteiger partial charge < -0.3 is 19.3 Å². The first-order chi connectivity index (χ1) is 14.1. The number of nitrogens with zero attached hydrogens (tertiary/aromatic N) is 3. The van der Waals surface area contributed by atoms with Gasteiger partial charge in [0, 0.05) is 38.5 Å². The number of rotatable bonds is 8. The van der Waals surface area contributed by atoms with Gasteiger partial charge in [0.05, 0.1) is 19.4 Å². The van der Waals surface area contributed by atoms with Crippen molar-refractivity contribution in [2.45, 2.75) is 5.37 Å². The first kappa shape index (κ1) is 22.3. The number of benzene rings is 1. The van der Waals surface area contributed by atoms with E-state index >= 15 is 0 Å². The maximum absolute atomic E-state index is 12.7. The third kappa shape index (κ3) is 6.53. The molecule has 0 N–H and O–H groups in total. The number of thioether (sulfide) groups is 2. The molecule has 2 fully saturated rings.